The number of nitrogens with one attached hydrogen (secondary N) is 2. The van der Waals surface area contributed by atoms with Gasteiger partial charge in [0.25, 0.3) is 10.0 Å². The molecule has 0 amide bonds. The summed E-state index contributed by atoms with van der Waals surface area (Å²) in [6.07, 6.45) is 1.46. The monoisotopic (exact) mass is 342 g/mol. The van der Waals surface area contributed by atoms with Gasteiger partial charge in [0.15, 0.2) is 11.5 Å². The zero-order valence-electron chi connectivity index (χ0n) is 12.5. The molecule has 0 radical (unpaired) electrons. The number of fused-ring (bicyclic) bond motifs is 1. The summed E-state index contributed by atoms with van der Waals surface area (Å²) < 4.78 is 38.4. The molecular formula is C17H14N2O4S. The Hall–Kier alpha value is -2.93. The average molecular weight is 342 g/mol. The number of ether oxygens (including phenoxy) is 2. The van der Waals surface area contributed by atoms with Gasteiger partial charge in [-0.25, -0.2) is 8.42 Å². The number of benzene rings is 2. The van der Waals surface area contributed by atoms with E-state index >= 15 is 0 Å². The number of hydrogen-bond donors (Lipinski definition) is 2. The van der Waals surface area contributed by atoms with Gasteiger partial charge < -0.3 is 14.5 Å². The van der Waals surface area contributed by atoms with Crippen LogP contribution in [0.15, 0.2) is 65.7 Å². The van der Waals surface area contributed by atoms with Crippen molar-refractivity contribution in [1.29, 1.82) is 0 Å². The predicted octanol–water partition coefficient (Wildman–Crippen LogP) is 3.21. The maximum absolute atomic E-state index is 12.6. The van der Waals surface area contributed by atoms with Crippen LogP contribution < -0.4 is 14.2 Å². The summed E-state index contributed by atoms with van der Waals surface area (Å²) in [6, 6.07) is 16.2. The Labute approximate surface area is 139 Å². The topological polar surface area (TPSA) is 80.4 Å². The van der Waals surface area contributed by atoms with Crippen molar-refractivity contribution in [1.82, 2.24) is 4.98 Å². The van der Waals surface area contributed by atoms with Gasteiger partial charge in [-0.3, -0.25) is 4.72 Å². The Morgan fingerprint density at radius 3 is 2.67 bits per heavy atom. The third kappa shape index (κ3) is 2.59. The first-order valence-electron chi connectivity index (χ1n) is 7.29. The van der Waals surface area contributed by atoms with Crippen LogP contribution in [-0.2, 0) is 10.0 Å². The molecule has 2 N–H and O–H groups in total. The highest BCUT2D eigenvalue weighted by atomic mass is 32.2. The largest absolute Gasteiger partial charge is 0.454 e. The summed E-state index contributed by atoms with van der Waals surface area (Å²) >= 11 is 0. The van der Waals surface area contributed by atoms with Gasteiger partial charge >= 0.3 is 0 Å². The summed E-state index contributed by atoms with van der Waals surface area (Å²) in [7, 11) is -3.74. The second-order valence-corrected chi connectivity index (χ2v) is 6.94. The van der Waals surface area contributed by atoms with Gasteiger partial charge in [-0.2, -0.15) is 0 Å². The normalized spacial score (nSPS) is 13.0. The number of H-pyrrole nitrogens is 1. The van der Waals surface area contributed by atoms with E-state index in [1.54, 1.807) is 24.3 Å². The van der Waals surface area contributed by atoms with Crippen LogP contribution in [-0.4, -0.2) is 20.2 Å². The second-order valence-electron chi connectivity index (χ2n) is 5.26. The van der Waals surface area contributed by atoms with Gasteiger partial charge in [0.2, 0.25) is 6.79 Å². The van der Waals surface area contributed by atoms with Crippen molar-refractivity contribution < 1.29 is 17.9 Å². The number of aromatic amines is 1. The van der Waals surface area contributed by atoms with Crippen LogP contribution >= 0.6 is 0 Å². The minimum absolute atomic E-state index is 0.0797. The lowest BCUT2D eigenvalue weighted by Gasteiger charge is -2.08. The first-order chi connectivity index (χ1) is 11.6. The van der Waals surface area contributed by atoms with E-state index in [0.717, 1.165) is 11.3 Å². The molecule has 1 aliphatic rings. The van der Waals surface area contributed by atoms with Crippen molar-refractivity contribution in [3.05, 3.63) is 60.8 Å². The Kier molecular flexibility index (Phi) is 3.42. The summed E-state index contributed by atoms with van der Waals surface area (Å²) in [5, 5.41) is 0. The lowest BCUT2D eigenvalue weighted by Crippen LogP contribution is -2.12. The summed E-state index contributed by atoms with van der Waals surface area (Å²) in [5.74, 6) is 0.925. The van der Waals surface area contributed by atoms with Crippen molar-refractivity contribution in [2.45, 2.75) is 4.90 Å². The van der Waals surface area contributed by atoms with E-state index in [4.69, 9.17) is 9.47 Å². The molecule has 6 nitrogen and oxygen atoms in total. The molecule has 0 aliphatic carbocycles. The van der Waals surface area contributed by atoms with E-state index in [-0.39, 0.29) is 11.7 Å². The van der Waals surface area contributed by atoms with E-state index < -0.39 is 10.0 Å². The highest BCUT2D eigenvalue weighted by molar-refractivity contribution is 7.92. The van der Waals surface area contributed by atoms with Gasteiger partial charge in [-0.05, 0) is 23.8 Å². The minimum atomic E-state index is -3.74. The average Bonchev–Trinajstić information content (AvgIpc) is 3.26. The molecule has 0 spiro atoms. The zero-order chi connectivity index (χ0) is 16.6. The Morgan fingerprint density at radius 1 is 1.00 bits per heavy atom. The molecule has 4 rings (SSSR count). The number of hydrogen-bond acceptors (Lipinski definition) is 4. The number of sulfonamides is 1. The molecule has 0 fully saturated rings. The van der Waals surface area contributed by atoms with Crippen molar-refractivity contribution in [3.8, 4) is 22.8 Å². The summed E-state index contributed by atoms with van der Waals surface area (Å²) in [5.41, 5.74) is 2.00. The smallest absolute Gasteiger partial charge is 0.263 e. The fourth-order valence-corrected chi connectivity index (χ4v) is 3.58. The molecule has 1 aliphatic heterocycles. The molecule has 24 heavy (non-hydrogen) atoms. The van der Waals surface area contributed by atoms with Crippen LogP contribution in [0.2, 0.25) is 0 Å². The molecular weight excluding hydrogens is 328 g/mol. The number of anilines is 1. The zero-order valence-corrected chi connectivity index (χ0v) is 13.3. The fourth-order valence-electron chi connectivity index (χ4n) is 2.53. The van der Waals surface area contributed by atoms with Gasteiger partial charge in [-0.1, -0.05) is 36.4 Å². The Bertz CT molecular complexity index is 981. The second kappa shape index (κ2) is 5.61. The van der Waals surface area contributed by atoms with Gasteiger partial charge in [0.1, 0.15) is 4.90 Å². The maximum atomic E-state index is 12.6. The SMILES string of the molecule is O=S(=O)(Nc1cccc2c1OCO2)c1c[nH]c(-c2ccccc2)c1. The van der Waals surface area contributed by atoms with Crippen LogP contribution in [0.4, 0.5) is 5.69 Å². The predicted molar refractivity (Wildman–Crippen MR) is 89.6 cm³/mol. The molecule has 0 saturated carbocycles. The number of aromatic nitrogens is 1. The highest BCUT2D eigenvalue weighted by Crippen LogP contribution is 2.39. The molecule has 0 saturated heterocycles. The third-order valence-corrected chi connectivity index (χ3v) is 5.04. The lowest BCUT2D eigenvalue weighted by atomic mass is 10.2. The Morgan fingerprint density at radius 2 is 1.83 bits per heavy atom. The molecule has 122 valence electrons. The minimum Gasteiger partial charge on any atom is -0.454 e. The molecule has 1 aromatic heterocycles. The van der Waals surface area contributed by atoms with Crippen LogP contribution in [0.1, 0.15) is 0 Å². The van der Waals surface area contributed by atoms with Crippen LogP contribution in [0.3, 0.4) is 0 Å². The standard InChI is InChI=1S/C17H14N2O4S/c20-24(21,19-14-7-4-8-16-17(14)23-11-22-16)13-9-15(18-10-13)12-5-2-1-3-6-12/h1-10,18-19H,11H2. The van der Waals surface area contributed by atoms with E-state index in [1.165, 1.54) is 6.20 Å². The van der Waals surface area contributed by atoms with Crippen LogP contribution in [0, 0.1) is 0 Å². The first kappa shape index (κ1) is 14.6. The van der Waals surface area contributed by atoms with Gasteiger partial charge in [0, 0.05) is 11.9 Å². The van der Waals surface area contributed by atoms with E-state index in [2.05, 4.69) is 9.71 Å². The maximum Gasteiger partial charge on any atom is 0.263 e. The quantitative estimate of drug-likeness (QED) is 0.763. The first-order valence-corrected chi connectivity index (χ1v) is 8.77. The third-order valence-electron chi connectivity index (χ3n) is 3.69. The Balaban J connectivity index is 1.65. The molecule has 0 bridgehead atoms. The highest BCUT2D eigenvalue weighted by Gasteiger charge is 2.23. The van der Waals surface area contributed by atoms with Crippen molar-refractivity contribution in [3.63, 3.8) is 0 Å². The van der Waals surface area contributed by atoms with Gasteiger partial charge in [-0.15, -0.1) is 0 Å². The van der Waals surface area contributed by atoms with E-state index in [1.807, 2.05) is 30.3 Å². The number of para-hydroxylation sites is 1. The fraction of sp³-hybridized carbons (Fsp3) is 0.0588. The molecule has 0 unspecified atom stereocenters. The van der Waals surface area contributed by atoms with Crippen LogP contribution in [0.25, 0.3) is 11.3 Å². The van der Waals surface area contributed by atoms with Crippen molar-refractivity contribution >= 4 is 15.7 Å². The molecule has 3 aromatic rings. The van der Waals surface area contributed by atoms with E-state index in [0.29, 0.717) is 17.2 Å². The lowest BCUT2D eigenvalue weighted by molar-refractivity contribution is 0.174. The van der Waals surface area contributed by atoms with Gasteiger partial charge in [0.05, 0.1) is 5.69 Å². The van der Waals surface area contributed by atoms with Crippen LogP contribution in [0.5, 0.6) is 11.5 Å². The summed E-state index contributed by atoms with van der Waals surface area (Å²) in [6.45, 7) is 0.0797. The number of rotatable bonds is 4. The van der Waals surface area contributed by atoms with Crippen molar-refractivity contribution in [2.24, 2.45) is 0 Å². The summed E-state index contributed by atoms with van der Waals surface area (Å²) in [4.78, 5) is 3.14. The molecule has 7 heteroatoms. The molecule has 0 atom stereocenters. The molecule has 2 aromatic carbocycles. The molecule has 2 heterocycles. The van der Waals surface area contributed by atoms with Crippen molar-refractivity contribution in [2.75, 3.05) is 11.5 Å². The van der Waals surface area contributed by atoms with E-state index in [9.17, 15) is 8.42 Å².